The molecule has 0 aliphatic carbocycles. The maximum absolute atomic E-state index is 12.9. The molecule has 0 radical (unpaired) electrons. The molecule has 2 saturated heterocycles. The van der Waals surface area contributed by atoms with Gasteiger partial charge in [-0.3, -0.25) is 14.5 Å². The van der Waals surface area contributed by atoms with Crippen LogP contribution in [0, 0.1) is 11.8 Å². The second kappa shape index (κ2) is 7.70. The SMILES string of the molecule is CC1CCCCN1C(=O)CN1C[C@@H](C(F)(F)F)[C@H](C(=O)O)C1.Cl. The van der Waals surface area contributed by atoms with Crippen molar-refractivity contribution in [3.63, 3.8) is 0 Å². The van der Waals surface area contributed by atoms with Crippen molar-refractivity contribution >= 4 is 24.3 Å². The minimum absolute atomic E-state index is 0. The highest BCUT2D eigenvalue weighted by molar-refractivity contribution is 5.85. The summed E-state index contributed by atoms with van der Waals surface area (Å²) in [5, 5.41) is 8.97. The summed E-state index contributed by atoms with van der Waals surface area (Å²) in [5.41, 5.74) is 0. The van der Waals surface area contributed by atoms with E-state index in [1.54, 1.807) is 4.90 Å². The Hall–Kier alpha value is -1.02. The van der Waals surface area contributed by atoms with Gasteiger partial charge in [0.15, 0.2) is 0 Å². The van der Waals surface area contributed by atoms with Crippen molar-refractivity contribution in [1.82, 2.24) is 9.80 Å². The summed E-state index contributed by atoms with van der Waals surface area (Å²) >= 11 is 0. The Kier molecular flexibility index (Phi) is 6.70. The van der Waals surface area contributed by atoms with Crippen LogP contribution in [0.25, 0.3) is 0 Å². The van der Waals surface area contributed by atoms with E-state index in [9.17, 15) is 22.8 Å². The van der Waals surface area contributed by atoms with E-state index in [1.807, 2.05) is 6.92 Å². The monoisotopic (exact) mass is 358 g/mol. The van der Waals surface area contributed by atoms with Gasteiger partial charge in [-0.1, -0.05) is 0 Å². The Bertz CT molecular complexity index is 447. The van der Waals surface area contributed by atoms with Crippen molar-refractivity contribution in [3.05, 3.63) is 0 Å². The topological polar surface area (TPSA) is 60.9 Å². The van der Waals surface area contributed by atoms with Crippen molar-refractivity contribution < 1.29 is 27.9 Å². The number of carbonyl (C=O) groups excluding carboxylic acids is 1. The van der Waals surface area contributed by atoms with Gasteiger partial charge in [-0.05, 0) is 26.2 Å². The average molecular weight is 359 g/mol. The number of piperidine rings is 1. The molecule has 2 aliphatic rings. The van der Waals surface area contributed by atoms with Crippen molar-refractivity contribution in [2.75, 3.05) is 26.2 Å². The van der Waals surface area contributed by atoms with Crippen LogP contribution in [0.2, 0.25) is 0 Å². The van der Waals surface area contributed by atoms with Gasteiger partial charge in [0.1, 0.15) is 0 Å². The maximum Gasteiger partial charge on any atom is 0.393 e. The third-order valence-corrected chi connectivity index (χ3v) is 4.62. The zero-order valence-electron chi connectivity index (χ0n) is 12.9. The van der Waals surface area contributed by atoms with Gasteiger partial charge in [-0.15, -0.1) is 12.4 Å². The van der Waals surface area contributed by atoms with Crippen molar-refractivity contribution in [3.8, 4) is 0 Å². The van der Waals surface area contributed by atoms with Gasteiger partial charge in [0.25, 0.3) is 0 Å². The lowest BCUT2D eigenvalue weighted by Crippen LogP contribution is -2.46. The molecule has 0 aromatic rings. The summed E-state index contributed by atoms with van der Waals surface area (Å²) in [7, 11) is 0. The van der Waals surface area contributed by atoms with Crippen LogP contribution < -0.4 is 0 Å². The molecule has 9 heteroatoms. The first kappa shape index (κ1) is 20.0. The van der Waals surface area contributed by atoms with Gasteiger partial charge in [0, 0.05) is 25.7 Å². The van der Waals surface area contributed by atoms with Gasteiger partial charge in [0.2, 0.25) is 5.91 Å². The highest BCUT2D eigenvalue weighted by Gasteiger charge is 2.52. The molecule has 2 aliphatic heterocycles. The molecule has 1 unspecified atom stereocenters. The number of alkyl halides is 3. The number of nitrogens with zero attached hydrogens (tertiary/aromatic N) is 2. The van der Waals surface area contributed by atoms with Crippen LogP contribution in [0.4, 0.5) is 13.2 Å². The summed E-state index contributed by atoms with van der Waals surface area (Å²) in [6, 6.07) is 0.0949. The van der Waals surface area contributed by atoms with E-state index in [0.717, 1.165) is 19.3 Å². The van der Waals surface area contributed by atoms with Gasteiger partial charge >= 0.3 is 12.1 Å². The molecule has 2 rings (SSSR count). The lowest BCUT2D eigenvalue weighted by Gasteiger charge is -2.34. The largest absolute Gasteiger partial charge is 0.481 e. The predicted molar refractivity (Wildman–Crippen MR) is 79.4 cm³/mol. The molecule has 134 valence electrons. The second-order valence-electron chi connectivity index (χ2n) is 6.22. The van der Waals surface area contributed by atoms with E-state index in [-0.39, 0.29) is 37.4 Å². The standard InChI is InChI=1S/C14H21F3N2O3.ClH/c1-9-4-2-3-5-19(9)12(20)8-18-6-10(13(21)22)11(7-18)14(15,16)17;/h9-11H,2-8H2,1H3,(H,21,22);1H/t9?,10-,11-;/m1./s1. The lowest BCUT2D eigenvalue weighted by atomic mass is 9.96. The Balaban J connectivity index is 0.00000264. The second-order valence-corrected chi connectivity index (χ2v) is 6.22. The summed E-state index contributed by atoms with van der Waals surface area (Å²) in [5.74, 6) is -5.06. The molecule has 23 heavy (non-hydrogen) atoms. The number of aliphatic carboxylic acids is 1. The highest BCUT2D eigenvalue weighted by Crippen LogP contribution is 2.37. The predicted octanol–water partition coefficient (Wildman–Crippen LogP) is 2.00. The molecule has 0 saturated carbocycles. The van der Waals surface area contributed by atoms with E-state index < -0.39 is 30.5 Å². The maximum atomic E-state index is 12.9. The third kappa shape index (κ3) is 4.73. The van der Waals surface area contributed by atoms with E-state index in [1.165, 1.54) is 4.90 Å². The Morgan fingerprint density at radius 3 is 2.35 bits per heavy atom. The molecule has 1 N–H and O–H groups in total. The first-order valence-corrected chi connectivity index (χ1v) is 7.51. The summed E-state index contributed by atoms with van der Waals surface area (Å²) in [4.78, 5) is 26.3. The van der Waals surface area contributed by atoms with E-state index in [4.69, 9.17) is 5.11 Å². The smallest absolute Gasteiger partial charge is 0.393 e. The molecule has 0 spiro atoms. The Morgan fingerprint density at radius 2 is 1.87 bits per heavy atom. The van der Waals surface area contributed by atoms with Crippen LogP contribution in [0.5, 0.6) is 0 Å². The van der Waals surface area contributed by atoms with Gasteiger partial charge in [-0.2, -0.15) is 13.2 Å². The van der Waals surface area contributed by atoms with Gasteiger partial charge in [0.05, 0.1) is 18.4 Å². The quantitative estimate of drug-likeness (QED) is 0.838. The molecule has 0 aromatic heterocycles. The zero-order chi connectivity index (χ0) is 16.5. The number of halogens is 4. The summed E-state index contributed by atoms with van der Waals surface area (Å²) < 4.78 is 38.7. The van der Waals surface area contributed by atoms with Gasteiger partial charge in [-0.25, -0.2) is 0 Å². The van der Waals surface area contributed by atoms with Crippen LogP contribution in [0.3, 0.4) is 0 Å². The molecular weight excluding hydrogens is 337 g/mol. The van der Waals surface area contributed by atoms with Crippen LogP contribution in [0.1, 0.15) is 26.2 Å². The normalized spacial score (nSPS) is 29.2. The fourth-order valence-electron chi connectivity index (χ4n) is 3.35. The van der Waals surface area contributed by atoms with Crippen molar-refractivity contribution in [2.45, 2.75) is 38.4 Å². The number of carboxylic acid groups (broad SMARTS) is 1. The molecule has 3 atom stereocenters. The fraction of sp³-hybridized carbons (Fsp3) is 0.857. The molecule has 0 bridgehead atoms. The third-order valence-electron chi connectivity index (χ3n) is 4.62. The number of hydrogen-bond acceptors (Lipinski definition) is 3. The van der Waals surface area contributed by atoms with Gasteiger partial charge < -0.3 is 10.0 Å². The minimum atomic E-state index is -4.56. The van der Waals surface area contributed by atoms with Crippen LogP contribution in [-0.2, 0) is 9.59 Å². The Morgan fingerprint density at radius 1 is 1.22 bits per heavy atom. The number of hydrogen-bond donors (Lipinski definition) is 1. The summed E-state index contributed by atoms with van der Waals surface area (Å²) in [6.07, 6.45) is -1.71. The van der Waals surface area contributed by atoms with E-state index in [0.29, 0.717) is 6.54 Å². The van der Waals surface area contributed by atoms with Crippen LogP contribution in [-0.4, -0.2) is 65.2 Å². The fourth-order valence-corrected chi connectivity index (χ4v) is 3.35. The van der Waals surface area contributed by atoms with Crippen molar-refractivity contribution in [1.29, 1.82) is 0 Å². The molecule has 5 nitrogen and oxygen atoms in total. The molecule has 0 aromatic carbocycles. The highest BCUT2D eigenvalue weighted by atomic mass is 35.5. The zero-order valence-corrected chi connectivity index (χ0v) is 13.7. The summed E-state index contributed by atoms with van der Waals surface area (Å²) in [6.45, 7) is 1.76. The van der Waals surface area contributed by atoms with Crippen LogP contribution in [0.15, 0.2) is 0 Å². The number of carbonyl (C=O) groups is 2. The molecule has 2 fully saturated rings. The first-order chi connectivity index (χ1) is 10.2. The minimum Gasteiger partial charge on any atom is -0.481 e. The molecular formula is C14H22ClF3N2O3. The van der Waals surface area contributed by atoms with E-state index >= 15 is 0 Å². The molecule has 1 amide bonds. The number of carboxylic acids is 1. The average Bonchev–Trinajstić information content (AvgIpc) is 2.83. The molecule has 2 heterocycles. The number of rotatable bonds is 3. The number of amides is 1. The van der Waals surface area contributed by atoms with E-state index in [2.05, 4.69) is 0 Å². The Labute approximate surface area is 139 Å². The number of likely N-dealkylation sites (tertiary alicyclic amines) is 2. The van der Waals surface area contributed by atoms with Crippen LogP contribution >= 0.6 is 12.4 Å². The lowest BCUT2D eigenvalue weighted by molar-refractivity contribution is -0.188. The first-order valence-electron chi connectivity index (χ1n) is 7.51. The van der Waals surface area contributed by atoms with Crippen molar-refractivity contribution in [2.24, 2.45) is 11.8 Å².